The van der Waals surface area contributed by atoms with Gasteiger partial charge in [0.15, 0.2) is 0 Å². The quantitative estimate of drug-likeness (QED) is 0.725. The van der Waals surface area contributed by atoms with E-state index in [0.717, 1.165) is 23.3 Å². The van der Waals surface area contributed by atoms with E-state index in [1.165, 1.54) is 6.07 Å². The summed E-state index contributed by atoms with van der Waals surface area (Å²) in [5.41, 5.74) is 1.01. The zero-order valence-electron chi connectivity index (χ0n) is 16.1. The number of piperidine rings is 1. The summed E-state index contributed by atoms with van der Waals surface area (Å²) < 4.78 is 29.3. The molecule has 156 valence electrons. The van der Waals surface area contributed by atoms with Gasteiger partial charge in [-0.1, -0.05) is 37.3 Å². The number of nitrogens with zero attached hydrogens (tertiary/aromatic N) is 1. The second kappa shape index (κ2) is 9.82. The van der Waals surface area contributed by atoms with Crippen molar-refractivity contribution in [1.82, 2.24) is 10.2 Å². The number of thiophene rings is 1. The summed E-state index contributed by atoms with van der Waals surface area (Å²) in [6, 6.07) is 11.0. The van der Waals surface area contributed by atoms with Crippen LogP contribution in [0.25, 0.3) is 0 Å². The molecule has 0 saturated carbocycles. The van der Waals surface area contributed by atoms with Crippen LogP contribution in [0.4, 0.5) is 8.78 Å². The minimum absolute atomic E-state index is 0.106. The molecule has 1 saturated heterocycles. The number of hydrogen-bond acceptors (Lipinski definition) is 4. The second-order valence-electron chi connectivity index (χ2n) is 6.94. The molecule has 1 aliphatic rings. The average molecular weight is 422 g/mol. The number of carbonyl (C=O) groups is 2. The number of rotatable bonds is 7. The fourth-order valence-electron chi connectivity index (χ4n) is 3.61. The second-order valence-corrected chi connectivity index (χ2v) is 7.85. The molecule has 29 heavy (non-hydrogen) atoms. The highest BCUT2D eigenvalue weighted by molar-refractivity contribution is 7.12. The first kappa shape index (κ1) is 21.2. The van der Waals surface area contributed by atoms with Gasteiger partial charge in [0, 0.05) is 19.1 Å². The number of amides is 2. The Morgan fingerprint density at radius 3 is 2.52 bits per heavy atom. The third kappa shape index (κ3) is 5.32. The normalized spacial score (nSPS) is 15.9. The maximum absolute atomic E-state index is 12.9. The van der Waals surface area contributed by atoms with Crippen LogP contribution in [0, 0.1) is 0 Å². The molecule has 8 heteroatoms. The lowest BCUT2D eigenvalue weighted by Crippen LogP contribution is -2.47. The van der Waals surface area contributed by atoms with Crippen LogP contribution in [0.5, 0.6) is 5.75 Å². The Bertz CT molecular complexity index is 820. The molecule has 1 fully saturated rings. The van der Waals surface area contributed by atoms with Crippen LogP contribution in [0.1, 0.15) is 47.3 Å². The lowest BCUT2D eigenvalue weighted by Gasteiger charge is -2.34. The van der Waals surface area contributed by atoms with E-state index in [-0.39, 0.29) is 28.5 Å². The monoisotopic (exact) mass is 422 g/mol. The number of benzene rings is 1. The highest BCUT2D eigenvalue weighted by atomic mass is 32.1. The van der Waals surface area contributed by atoms with Gasteiger partial charge in [0.05, 0.1) is 5.92 Å². The SMILES string of the molecule is CCC(C(=O)N1CCC(NC(=O)c2sccc2OC(F)F)CC1)c1ccccc1. The molecule has 1 aliphatic heterocycles. The first-order valence-corrected chi connectivity index (χ1v) is 10.5. The summed E-state index contributed by atoms with van der Waals surface area (Å²) in [7, 11) is 0. The van der Waals surface area contributed by atoms with E-state index in [1.807, 2.05) is 42.2 Å². The van der Waals surface area contributed by atoms with Gasteiger partial charge in [0.25, 0.3) is 5.91 Å². The summed E-state index contributed by atoms with van der Waals surface area (Å²) >= 11 is 1.06. The van der Waals surface area contributed by atoms with Gasteiger partial charge in [0.1, 0.15) is 10.6 Å². The molecule has 5 nitrogen and oxygen atoms in total. The van der Waals surface area contributed by atoms with Gasteiger partial charge in [-0.25, -0.2) is 0 Å². The molecule has 2 aromatic rings. The van der Waals surface area contributed by atoms with Crippen LogP contribution in [0.2, 0.25) is 0 Å². The van der Waals surface area contributed by atoms with Gasteiger partial charge < -0.3 is 15.0 Å². The first-order valence-electron chi connectivity index (χ1n) is 9.66. The van der Waals surface area contributed by atoms with E-state index < -0.39 is 12.5 Å². The molecule has 2 heterocycles. The Balaban J connectivity index is 1.54. The number of carbonyl (C=O) groups excluding carboxylic acids is 2. The van der Waals surface area contributed by atoms with Crippen molar-refractivity contribution in [3.05, 3.63) is 52.2 Å². The number of alkyl halides is 2. The summed E-state index contributed by atoms with van der Waals surface area (Å²) in [6.07, 6.45) is 1.98. The number of ether oxygens (including phenoxy) is 1. The smallest absolute Gasteiger partial charge is 0.387 e. The highest BCUT2D eigenvalue weighted by Crippen LogP contribution is 2.27. The topological polar surface area (TPSA) is 58.6 Å². The van der Waals surface area contributed by atoms with Crippen LogP contribution < -0.4 is 10.1 Å². The zero-order chi connectivity index (χ0) is 20.8. The number of nitrogens with one attached hydrogen (secondary N) is 1. The first-order chi connectivity index (χ1) is 14.0. The van der Waals surface area contributed by atoms with Gasteiger partial charge >= 0.3 is 6.61 Å². The van der Waals surface area contributed by atoms with Crippen LogP contribution in [-0.4, -0.2) is 42.5 Å². The predicted molar refractivity (Wildman–Crippen MR) is 107 cm³/mol. The van der Waals surface area contributed by atoms with Crippen LogP contribution in [0.15, 0.2) is 41.8 Å². The number of likely N-dealkylation sites (tertiary alicyclic amines) is 1. The van der Waals surface area contributed by atoms with Crippen LogP contribution in [-0.2, 0) is 4.79 Å². The molecule has 0 bridgehead atoms. The van der Waals surface area contributed by atoms with Crippen molar-refractivity contribution in [3.8, 4) is 5.75 Å². The van der Waals surface area contributed by atoms with E-state index >= 15 is 0 Å². The van der Waals surface area contributed by atoms with Crippen LogP contribution >= 0.6 is 11.3 Å². The summed E-state index contributed by atoms with van der Waals surface area (Å²) in [6.45, 7) is 0.139. The van der Waals surface area contributed by atoms with Gasteiger partial charge in [-0.15, -0.1) is 11.3 Å². The predicted octanol–water partition coefficient (Wildman–Crippen LogP) is 4.26. The summed E-state index contributed by atoms with van der Waals surface area (Å²) in [5.74, 6) is -0.586. The third-order valence-corrected chi connectivity index (χ3v) is 6.00. The van der Waals surface area contributed by atoms with Gasteiger partial charge in [-0.3, -0.25) is 9.59 Å². The molecule has 0 radical (unpaired) electrons. The molecular weight excluding hydrogens is 398 g/mol. The molecule has 0 aliphatic carbocycles. The van der Waals surface area contributed by atoms with Gasteiger partial charge in [-0.05, 0) is 36.3 Å². The maximum Gasteiger partial charge on any atom is 0.387 e. The molecule has 2 amide bonds. The Kier molecular flexibility index (Phi) is 7.19. The minimum atomic E-state index is -2.97. The number of hydrogen-bond donors (Lipinski definition) is 1. The van der Waals surface area contributed by atoms with Crippen molar-refractivity contribution < 1.29 is 23.1 Å². The minimum Gasteiger partial charge on any atom is -0.433 e. The van der Waals surface area contributed by atoms with E-state index in [0.29, 0.717) is 25.9 Å². The van der Waals surface area contributed by atoms with Crippen molar-refractivity contribution in [1.29, 1.82) is 0 Å². The standard InChI is InChI=1S/C21H24F2N2O3S/c1-2-16(14-6-4-3-5-7-14)20(27)25-11-8-15(9-12-25)24-19(26)18-17(10-13-29-18)28-21(22)23/h3-7,10,13,15-16,21H,2,8-9,11-12H2,1H3,(H,24,26). The van der Waals surface area contributed by atoms with Crippen molar-refractivity contribution in [2.45, 2.75) is 44.8 Å². The molecule has 1 aromatic heterocycles. The largest absolute Gasteiger partial charge is 0.433 e. The van der Waals surface area contributed by atoms with Crippen LogP contribution in [0.3, 0.4) is 0 Å². The van der Waals surface area contributed by atoms with Gasteiger partial charge in [-0.2, -0.15) is 8.78 Å². The van der Waals surface area contributed by atoms with Crippen molar-refractivity contribution in [3.63, 3.8) is 0 Å². The third-order valence-electron chi connectivity index (χ3n) is 5.10. The Labute approximate surface area is 172 Å². The molecule has 1 unspecified atom stereocenters. The molecule has 3 rings (SSSR count). The average Bonchev–Trinajstić information content (AvgIpc) is 3.17. The van der Waals surface area contributed by atoms with E-state index in [4.69, 9.17) is 0 Å². The number of halogens is 2. The lowest BCUT2D eigenvalue weighted by molar-refractivity contribution is -0.134. The highest BCUT2D eigenvalue weighted by Gasteiger charge is 2.29. The molecule has 1 aromatic carbocycles. The fraction of sp³-hybridized carbons (Fsp3) is 0.429. The molecule has 0 spiro atoms. The van der Waals surface area contributed by atoms with Crippen molar-refractivity contribution in [2.24, 2.45) is 0 Å². The lowest BCUT2D eigenvalue weighted by atomic mass is 9.93. The summed E-state index contributed by atoms with van der Waals surface area (Å²) in [5, 5.41) is 4.42. The fourth-order valence-corrected chi connectivity index (χ4v) is 4.33. The Morgan fingerprint density at radius 2 is 1.90 bits per heavy atom. The van der Waals surface area contributed by atoms with Gasteiger partial charge in [0.2, 0.25) is 5.91 Å². The summed E-state index contributed by atoms with van der Waals surface area (Å²) in [4.78, 5) is 27.4. The van der Waals surface area contributed by atoms with Crippen molar-refractivity contribution in [2.75, 3.05) is 13.1 Å². The molecular formula is C21H24F2N2O3S. The maximum atomic E-state index is 12.9. The Morgan fingerprint density at radius 1 is 1.21 bits per heavy atom. The zero-order valence-corrected chi connectivity index (χ0v) is 17.0. The molecule has 1 N–H and O–H groups in total. The van der Waals surface area contributed by atoms with E-state index in [2.05, 4.69) is 10.1 Å². The molecule has 1 atom stereocenters. The van der Waals surface area contributed by atoms with E-state index in [1.54, 1.807) is 5.38 Å². The van der Waals surface area contributed by atoms with Crippen molar-refractivity contribution >= 4 is 23.2 Å². The Hall–Kier alpha value is -2.48. The van der Waals surface area contributed by atoms with E-state index in [9.17, 15) is 18.4 Å².